The topological polar surface area (TPSA) is 51.2 Å². The van der Waals surface area contributed by atoms with Crippen LogP contribution in [0.25, 0.3) is 11.0 Å². The summed E-state index contributed by atoms with van der Waals surface area (Å²) in [6.45, 7) is 0.890. The van der Waals surface area contributed by atoms with Crippen LogP contribution in [-0.2, 0) is 6.54 Å². The Morgan fingerprint density at radius 3 is 3.00 bits per heavy atom. The molecule has 0 unspecified atom stereocenters. The summed E-state index contributed by atoms with van der Waals surface area (Å²) in [5, 5.41) is 4.70. The van der Waals surface area contributed by atoms with E-state index in [4.69, 9.17) is 10.2 Å². The van der Waals surface area contributed by atoms with E-state index in [-0.39, 0.29) is 0 Å². The zero-order chi connectivity index (χ0) is 11.0. The lowest BCUT2D eigenvalue weighted by molar-refractivity contribution is 0.338. The molecule has 0 saturated heterocycles. The zero-order valence-electron chi connectivity index (χ0n) is 9.20. The second kappa shape index (κ2) is 3.83. The summed E-state index contributed by atoms with van der Waals surface area (Å²) >= 11 is 0. The fraction of sp³-hybridized carbons (Fsp3) is 0.385. The number of nitrogen functional groups attached to an aromatic ring is 1. The maximum absolute atomic E-state index is 5.71. The van der Waals surface area contributed by atoms with Gasteiger partial charge in [-0.2, -0.15) is 0 Å². The second-order valence-electron chi connectivity index (χ2n) is 4.53. The first kappa shape index (κ1) is 9.73. The molecule has 3 rings (SSSR count). The number of rotatable bonds is 3. The van der Waals surface area contributed by atoms with Gasteiger partial charge in [0.1, 0.15) is 5.58 Å². The van der Waals surface area contributed by atoms with Gasteiger partial charge in [0.05, 0.1) is 6.26 Å². The third kappa shape index (κ3) is 1.67. The highest BCUT2D eigenvalue weighted by Crippen LogP contribution is 2.24. The average Bonchev–Trinajstić information content (AvgIpc) is 2.58. The first-order valence-electron chi connectivity index (χ1n) is 5.82. The highest BCUT2D eigenvalue weighted by molar-refractivity contribution is 5.83. The Labute approximate surface area is 94.6 Å². The van der Waals surface area contributed by atoms with Crippen LogP contribution in [0.5, 0.6) is 0 Å². The summed E-state index contributed by atoms with van der Waals surface area (Å²) in [6, 6.07) is 6.54. The molecule has 3 N–H and O–H groups in total. The minimum Gasteiger partial charge on any atom is -0.464 e. The minimum atomic E-state index is 0.707. The Kier molecular flexibility index (Phi) is 2.33. The molecule has 1 fully saturated rings. The number of hydrogen-bond acceptors (Lipinski definition) is 3. The van der Waals surface area contributed by atoms with Gasteiger partial charge >= 0.3 is 0 Å². The lowest BCUT2D eigenvalue weighted by Crippen LogP contribution is -2.34. The summed E-state index contributed by atoms with van der Waals surface area (Å²) < 4.78 is 5.49. The van der Waals surface area contributed by atoms with Crippen LogP contribution >= 0.6 is 0 Å². The first-order valence-corrected chi connectivity index (χ1v) is 5.82. The lowest BCUT2D eigenvalue weighted by Gasteiger charge is -2.26. The molecule has 2 aromatic rings. The fourth-order valence-electron chi connectivity index (χ4n) is 2.10. The van der Waals surface area contributed by atoms with Crippen LogP contribution in [0.1, 0.15) is 24.8 Å². The molecule has 0 aliphatic heterocycles. The molecule has 1 aromatic carbocycles. The SMILES string of the molecule is Nc1ccc2c(CNC3CCC3)coc2c1. The predicted molar refractivity (Wildman–Crippen MR) is 65.1 cm³/mol. The molecule has 3 heteroatoms. The van der Waals surface area contributed by atoms with Crippen LogP contribution in [-0.4, -0.2) is 6.04 Å². The Balaban J connectivity index is 1.80. The molecule has 16 heavy (non-hydrogen) atoms. The third-order valence-electron chi connectivity index (χ3n) is 3.37. The quantitative estimate of drug-likeness (QED) is 0.775. The van der Waals surface area contributed by atoms with Crippen LogP contribution in [0.2, 0.25) is 0 Å². The number of hydrogen-bond donors (Lipinski definition) is 2. The van der Waals surface area contributed by atoms with E-state index in [2.05, 4.69) is 5.32 Å². The van der Waals surface area contributed by atoms with Gasteiger partial charge in [0.2, 0.25) is 0 Å². The summed E-state index contributed by atoms with van der Waals surface area (Å²) in [4.78, 5) is 0. The van der Waals surface area contributed by atoms with Crippen LogP contribution in [0.15, 0.2) is 28.9 Å². The fourth-order valence-corrected chi connectivity index (χ4v) is 2.10. The van der Waals surface area contributed by atoms with Gasteiger partial charge in [-0.1, -0.05) is 6.42 Å². The molecule has 3 nitrogen and oxygen atoms in total. The van der Waals surface area contributed by atoms with Crippen molar-refractivity contribution in [3.05, 3.63) is 30.0 Å². The van der Waals surface area contributed by atoms with Crippen molar-refractivity contribution in [1.82, 2.24) is 5.32 Å². The molecule has 84 valence electrons. The van der Waals surface area contributed by atoms with Crippen molar-refractivity contribution in [1.29, 1.82) is 0 Å². The Morgan fingerprint density at radius 2 is 2.25 bits per heavy atom. The van der Waals surface area contributed by atoms with E-state index in [1.807, 2.05) is 24.5 Å². The number of fused-ring (bicyclic) bond motifs is 1. The van der Waals surface area contributed by atoms with Gasteiger partial charge in [-0.05, 0) is 25.0 Å². The monoisotopic (exact) mass is 216 g/mol. The average molecular weight is 216 g/mol. The maximum Gasteiger partial charge on any atom is 0.136 e. The van der Waals surface area contributed by atoms with Crippen molar-refractivity contribution in [2.45, 2.75) is 31.8 Å². The smallest absolute Gasteiger partial charge is 0.136 e. The molecule has 1 heterocycles. The Morgan fingerprint density at radius 1 is 1.38 bits per heavy atom. The molecule has 1 saturated carbocycles. The largest absolute Gasteiger partial charge is 0.464 e. The highest BCUT2D eigenvalue weighted by atomic mass is 16.3. The summed E-state index contributed by atoms with van der Waals surface area (Å²) in [6.07, 6.45) is 5.81. The normalized spacial score (nSPS) is 16.5. The minimum absolute atomic E-state index is 0.707. The molecule has 0 amide bonds. The van der Waals surface area contributed by atoms with Gasteiger partial charge in [0.15, 0.2) is 0 Å². The van der Waals surface area contributed by atoms with Crippen molar-refractivity contribution >= 4 is 16.7 Å². The number of benzene rings is 1. The number of nitrogens with one attached hydrogen (secondary N) is 1. The number of nitrogens with two attached hydrogens (primary N) is 1. The second-order valence-corrected chi connectivity index (χ2v) is 4.53. The van der Waals surface area contributed by atoms with E-state index in [1.165, 1.54) is 30.2 Å². The van der Waals surface area contributed by atoms with Crippen molar-refractivity contribution in [3.8, 4) is 0 Å². The zero-order valence-corrected chi connectivity index (χ0v) is 9.20. The van der Waals surface area contributed by atoms with Crippen molar-refractivity contribution in [2.75, 3.05) is 5.73 Å². The summed E-state index contributed by atoms with van der Waals surface area (Å²) in [7, 11) is 0. The molecular formula is C13H16N2O. The number of furan rings is 1. The Bertz CT molecular complexity index is 500. The molecule has 1 aromatic heterocycles. The van der Waals surface area contributed by atoms with E-state index in [0.717, 1.165) is 17.8 Å². The van der Waals surface area contributed by atoms with E-state index in [1.54, 1.807) is 0 Å². The highest BCUT2D eigenvalue weighted by Gasteiger charge is 2.17. The van der Waals surface area contributed by atoms with E-state index in [0.29, 0.717) is 6.04 Å². The maximum atomic E-state index is 5.71. The van der Waals surface area contributed by atoms with Crippen LogP contribution in [0.4, 0.5) is 5.69 Å². The van der Waals surface area contributed by atoms with E-state index >= 15 is 0 Å². The lowest BCUT2D eigenvalue weighted by atomic mass is 9.93. The van der Waals surface area contributed by atoms with Crippen LogP contribution in [0.3, 0.4) is 0 Å². The molecule has 1 aliphatic carbocycles. The van der Waals surface area contributed by atoms with E-state index < -0.39 is 0 Å². The molecule has 0 radical (unpaired) electrons. The standard InChI is InChI=1S/C13H16N2O/c14-10-4-5-12-9(8-16-13(12)6-10)7-15-11-2-1-3-11/h4-6,8,11,15H,1-3,7,14H2. The van der Waals surface area contributed by atoms with Crippen molar-refractivity contribution < 1.29 is 4.42 Å². The predicted octanol–water partition coefficient (Wildman–Crippen LogP) is 2.66. The molecule has 0 bridgehead atoms. The molecule has 0 atom stereocenters. The van der Waals surface area contributed by atoms with Gasteiger partial charge in [0.25, 0.3) is 0 Å². The van der Waals surface area contributed by atoms with Gasteiger partial charge in [-0.25, -0.2) is 0 Å². The van der Waals surface area contributed by atoms with Gasteiger partial charge < -0.3 is 15.5 Å². The summed E-state index contributed by atoms with van der Waals surface area (Å²) in [5.41, 5.74) is 8.56. The molecular weight excluding hydrogens is 200 g/mol. The molecule has 1 aliphatic rings. The van der Waals surface area contributed by atoms with Crippen LogP contribution in [0, 0.1) is 0 Å². The van der Waals surface area contributed by atoms with Crippen molar-refractivity contribution in [3.63, 3.8) is 0 Å². The van der Waals surface area contributed by atoms with Gasteiger partial charge in [-0.3, -0.25) is 0 Å². The van der Waals surface area contributed by atoms with Gasteiger partial charge in [0, 0.05) is 35.3 Å². The Hall–Kier alpha value is -1.48. The van der Waals surface area contributed by atoms with E-state index in [9.17, 15) is 0 Å². The number of anilines is 1. The van der Waals surface area contributed by atoms with Crippen molar-refractivity contribution in [2.24, 2.45) is 0 Å². The third-order valence-corrected chi connectivity index (χ3v) is 3.37. The van der Waals surface area contributed by atoms with Gasteiger partial charge in [-0.15, -0.1) is 0 Å². The first-order chi connectivity index (χ1) is 7.83. The molecule has 0 spiro atoms. The van der Waals surface area contributed by atoms with Crippen LogP contribution < -0.4 is 11.1 Å². The summed E-state index contributed by atoms with van der Waals surface area (Å²) in [5.74, 6) is 0.